The van der Waals surface area contributed by atoms with Crippen molar-refractivity contribution in [2.45, 2.75) is 39.5 Å². The van der Waals surface area contributed by atoms with Gasteiger partial charge in [-0.3, -0.25) is 5.43 Å². The van der Waals surface area contributed by atoms with Crippen LogP contribution in [0.2, 0.25) is 0 Å². The van der Waals surface area contributed by atoms with Crippen molar-refractivity contribution in [2.75, 3.05) is 5.75 Å². The Morgan fingerprint density at radius 2 is 2.29 bits per heavy atom. The van der Waals surface area contributed by atoms with E-state index >= 15 is 0 Å². The maximum Gasteiger partial charge on any atom is 0.155 e. The number of hydrazine groups is 1. The molecule has 0 aromatic carbocycles. The van der Waals surface area contributed by atoms with Crippen LogP contribution in [0, 0.1) is 5.92 Å². The lowest BCUT2D eigenvalue weighted by Gasteiger charge is -2.20. The number of rotatable bonds is 7. The molecule has 0 aromatic heterocycles. The molecular weight excluding hydrogens is 277 g/mol. The third kappa shape index (κ3) is 5.89. The average Bonchev–Trinajstić information content (AvgIpc) is 2.28. The van der Waals surface area contributed by atoms with Crippen LogP contribution in [0.3, 0.4) is 0 Å². The van der Waals surface area contributed by atoms with Crippen molar-refractivity contribution in [2.24, 2.45) is 11.0 Å². The second-order valence-electron chi connectivity index (χ2n) is 4.03. The fourth-order valence-electron chi connectivity index (χ4n) is 1.55. The third-order valence-corrected chi connectivity index (χ3v) is 4.16. The van der Waals surface area contributed by atoms with Crippen molar-refractivity contribution < 1.29 is 0 Å². The zero-order chi connectivity index (χ0) is 12.7. The molecular formula is C11H19Cl2N3S. The molecule has 1 aliphatic rings. The van der Waals surface area contributed by atoms with Gasteiger partial charge < -0.3 is 0 Å². The summed E-state index contributed by atoms with van der Waals surface area (Å²) in [6, 6.07) is 0. The molecule has 1 aliphatic heterocycles. The van der Waals surface area contributed by atoms with E-state index in [4.69, 9.17) is 23.4 Å². The lowest BCUT2D eigenvalue weighted by Crippen LogP contribution is -2.28. The first-order valence-corrected chi connectivity index (χ1v) is 7.67. The molecule has 6 heteroatoms. The molecule has 1 unspecified atom stereocenters. The summed E-state index contributed by atoms with van der Waals surface area (Å²) in [5.41, 5.74) is 2.93. The SMILES string of the molecule is CCCCC(CC)CSC1=CC(Cl)=NN(Cl)N1. The van der Waals surface area contributed by atoms with Gasteiger partial charge in [0, 0.05) is 11.8 Å². The van der Waals surface area contributed by atoms with Crippen molar-refractivity contribution in [3.05, 3.63) is 11.1 Å². The van der Waals surface area contributed by atoms with Gasteiger partial charge in [0.2, 0.25) is 0 Å². The number of hydrogen-bond donors (Lipinski definition) is 1. The zero-order valence-electron chi connectivity index (χ0n) is 10.2. The van der Waals surface area contributed by atoms with Gasteiger partial charge in [-0.2, -0.15) is 0 Å². The van der Waals surface area contributed by atoms with Crippen molar-refractivity contribution in [3.63, 3.8) is 0 Å². The molecule has 0 saturated carbocycles. The van der Waals surface area contributed by atoms with Crippen LogP contribution in [0.25, 0.3) is 0 Å². The molecule has 1 atom stereocenters. The molecule has 0 aromatic rings. The van der Waals surface area contributed by atoms with E-state index in [2.05, 4.69) is 24.4 Å². The summed E-state index contributed by atoms with van der Waals surface area (Å²) in [7, 11) is 0. The van der Waals surface area contributed by atoms with Gasteiger partial charge in [-0.15, -0.1) is 21.5 Å². The zero-order valence-corrected chi connectivity index (χ0v) is 12.6. The molecule has 0 aliphatic carbocycles. The number of unbranched alkanes of at least 4 members (excludes halogenated alkanes) is 1. The number of hydrazone groups is 1. The number of nitrogens with one attached hydrogen (secondary N) is 1. The Hall–Kier alpha value is -0.0600. The molecule has 0 radical (unpaired) electrons. The number of thioether (sulfide) groups is 1. The highest BCUT2D eigenvalue weighted by atomic mass is 35.5. The third-order valence-electron chi connectivity index (χ3n) is 2.65. The highest BCUT2D eigenvalue weighted by Crippen LogP contribution is 2.24. The fourth-order valence-corrected chi connectivity index (χ4v) is 3.22. The van der Waals surface area contributed by atoms with Crippen LogP contribution >= 0.6 is 35.1 Å². The van der Waals surface area contributed by atoms with E-state index in [1.807, 2.05) is 0 Å². The van der Waals surface area contributed by atoms with Crippen molar-refractivity contribution in [3.8, 4) is 0 Å². The van der Waals surface area contributed by atoms with E-state index in [1.54, 1.807) is 17.8 Å². The van der Waals surface area contributed by atoms with Crippen LogP contribution in [-0.4, -0.2) is 15.6 Å². The van der Waals surface area contributed by atoms with Crippen LogP contribution in [0.4, 0.5) is 0 Å². The molecule has 0 saturated heterocycles. The number of allylic oxidation sites excluding steroid dienone is 1. The quantitative estimate of drug-likeness (QED) is 0.710. The molecule has 1 heterocycles. The minimum Gasteiger partial charge on any atom is -0.261 e. The first kappa shape index (κ1) is 15.0. The van der Waals surface area contributed by atoms with Crippen molar-refractivity contribution in [1.29, 1.82) is 0 Å². The Labute approximate surface area is 118 Å². The van der Waals surface area contributed by atoms with E-state index in [9.17, 15) is 0 Å². The van der Waals surface area contributed by atoms with Crippen molar-refractivity contribution in [1.82, 2.24) is 10.1 Å². The fraction of sp³-hybridized carbons (Fsp3) is 0.727. The highest BCUT2D eigenvalue weighted by Gasteiger charge is 2.13. The minimum absolute atomic E-state index is 0.405. The number of nitrogens with zero attached hydrogens (tertiary/aromatic N) is 2. The second kappa shape index (κ2) is 8.11. The summed E-state index contributed by atoms with van der Waals surface area (Å²) in [4.78, 5) is 0. The summed E-state index contributed by atoms with van der Waals surface area (Å²) in [6.07, 6.45) is 6.87. The van der Waals surface area contributed by atoms with Crippen LogP contribution in [0.5, 0.6) is 0 Å². The molecule has 3 nitrogen and oxygen atoms in total. The Kier molecular flexibility index (Phi) is 7.16. The molecule has 0 bridgehead atoms. The average molecular weight is 296 g/mol. The Balaban J connectivity index is 2.36. The lowest BCUT2D eigenvalue weighted by atomic mass is 10.0. The van der Waals surface area contributed by atoms with Gasteiger partial charge in [0.25, 0.3) is 0 Å². The van der Waals surface area contributed by atoms with Crippen molar-refractivity contribution >= 4 is 40.3 Å². The van der Waals surface area contributed by atoms with Gasteiger partial charge >= 0.3 is 0 Å². The first-order chi connectivity index (χ1) is 8.15. The van der Waals surface area contributed by atoms with E-state index in [1.165, 1.54) is 25.7 Å². The van der Waals surface area contributed by atoms with E-state index in [-0.39, 0.29) is 0 Å². The summed E-state index contributed by atoms with van der Waals surface area (Å²) in [5, 5.41) is 5.17. The Morgan fingerprint density at radius 3 is 2.88 bits per heavy atom. The maximum absolute atomic E-state index is 5.83. The van der Waals surface area contributed by atoms with E-state index in [0.717, 1.165) is 21.3 Å². The molecule has 98 valence electrons. The number of halogens is 2. The normalized spacial score (nSPS) is 17.3. The largest absolute Gasteiger partial charge is 0.261 e. The van der Waals surface area contributed by atoms with Gasteiger partial charge in [-0.1, -0.05) is 44.7 Å². The van der Waals surface area contributed by atoms with Gasteiger partial charge in [0.05, 0.1) is 16.8 Å². The Morgan fingerprint density at radius 1 is 1.53 bits per heavy atom. The van der Waals surface area contributed by atoms with E-state index < -0.39 is 0 Å². The summed E-state index contributed by atoms with van der Waals surface area (Å²) < 4.78 is 1.12. The number of hydrogen-bond acceptors (Lipinski definition) is 4. The minimum atomic E-state index is 0.405. The Bertz CT molecular complexity index is 294. The van der Waals surface area contributed by atoms with Gasteiger partial charge in [0.15, 0.2) is 5.17 Å². The maximum atomic E-state index is 5.83. The van der Waals surface area contributed by atoms with Gasteiger partial charge in [-0.25, -0.2) is 0 Å². The topological polar surface area (TPSA) is 27.6 Å². The summed E-state index contributed by atoms with van der Waals surface area (Å²) >= 11 is 13.3. The summed E-state index contributed by atoms with van der Waals surface area (Å²) in [6.45, 7) is 4.47. The highest BCUT2D eigenvalue weighted by molar-refractivity contribution is 8.03. The molecule has 0 fully saturated rings. The molecule has 1 rings (SSSR count). The van der Waals surface area contributed by atoms with Gasteiger partial charge in [0.1, 0.15) is 0 Å². The molecule has 0 spiro atoms. The second-order valence-corrected chi connectivity index (χ2v) is 5.80. The summed E-state index contributed by atoms with van der Waals surface area (Å²) in [5.74, 6) is 1.84. The van der Waals surface area contributed by atoms with Gasteiger partial charge in [-0.05, 0) is 12.3 Å². The van der Waals surface area contributed by atoms with Crippen LogP contribution in [0.1, 0.15) is 39.5 Å². The smallest absolute Gasteiger partial charge is 0.155 e. The first-order valence-electron chi connectivity index (χ1n) is 5.96. The molecule has 17 heavy (non-hydrogen) atoms. The molecule has 1 N–H and O–H groups in total. The lowest BCUT2D eigenvalue weighted by molar-refractivity contribution is 0.407. The van der Waals surface area contributed by atoms with Crippen LogP contribution in [-0.2, 0) is 0 Å². The van der Waals surface area contributed by atoms with Crippen LogP contribution < -0.4 is 5.43 Å². The standard InChI is InChI=1S/C11H19Cl2N3S/c1-3-5-6-9(4-2)8-17-11-7-10(12)14-16(13)15-11/h7,9,15H,3-6,8H2,1-2H3. The van der Waals surface area contributed by atoms with E-state index in [0.29, 0.717) is 5.17 Å². The predicted molar refractivity (Wildman–Crippen MR) is 78.0 cm³/mol. The van der Waals surface area contributed by atoms with Crippen LogP contribution in [0.15, 0.2) is 16.2 Å². The molecule has 0 amide bonds. The predicted octanol–water partition coefficient (Wildman–Crippen LogP) is 4.30. The monoisotopic (exact) mass is 295 g/mol.